The van der Waals surface area contributed by atoms with Crippen LogP contribution < -0.4 is 4.74 Å². The van der Waals surface area contributed by atoms with E-state index in [4.69, 9.17) is 4.74 Å². The van der Waals surface area contributed by atoms with Gasteiger partial charge in [-0.1, -0.05) is 18.2 Å². The van der Waals surface area contributed by atoms with Crippen molar-refractivity contribution < 1.29 is 9.53 Å². The molecular formula is C22H18N2O2S. The van der Waals surface area contributed by atoms with E-state index in [2.05, 4.69) is 48.9 Å². The number of hydrogen-bond donors (Lipinski definition) is 0. The maximum atomic E-state index is 10.8. The molecule has 0 aliphatic rings. The number of rotatable bonds is 4. The van der Waals surface area contributed by atoms with E-state index in [1.165, 1.54) is 22.3 Å². The summed E-state index contributed by atoms with van der Waals surface area (Å²) in [7, 11) is 0. The van der Waals surface area contributed by atoms with Crippen molar-refractivity contribution in [2.75, 3.05) is 0 Å². The Bertz CT molecular complexity index is 1150. The second-order valence-corrected chi connectivity index (χ2v) is 7.68. The van der Waals surface area contributed by atoms with Crippen LogP contribution >= 0.6 is 11.3 Å². The lowest BCUT2D eigenvalue weighted by molar-refractivity contribution is 0.112. The highest BCUT2D eigenvalue weighted by Crippen LogP contribution is 2.42. The summed E-state index contributed by atoms with van der Waals surface area (Å²) >= 11 is 1.64. The highest BCUT2D eigenvalue weighted by Gasteiger charge is 2.18. The van der Waals surface area contributed by atoms with Gasteiger partial charge in [-0.25, -0.2) is 9.97 Å². The normalized spacial score (nSPS) is 10.9. The summed E-state index contributed by atoms with van der Waals surface area (Å²) in [6, 6.07) is 13.5. The van der Waals surface area contributed by atoms with Crippen molar-refractivity contribution in [2.45, 2.75) is 20.8 Å². The van der Waals surface area contributed by atoms with E-state index in [1.807, 2.05) is 0 Å². The lowest BCUT2D eigenvalue weighted by Crippen LogP contribution is -1.92. The first-order valence-corrected chi connectivity index (χ1v) is 9.43. The maximum absolute atomic E-state index is 10.8. The molecule has 2 heterocycles. The Morgan fingerprint density at radius 2 is 1.74 bits per heavy atom. The number of fused-ring (bicyclic) bond motifs is 1. The van der Waals surface area contributed by atoms with E-state index in [0.717, 1.165) is 27.6 Å². The van der Waals surface area contributed by atoms with Crippen molar-refractivity contribution in [3.05, 3.63) is 70.4 Å². The Hall–Kier alpha value is -3.05. The number of benzene rings is 2. The molecule has 4 nitrogen and oxygen atoms in total. The summed E-state index contributed by atoms with van der Waals surface area (Å²) in [5.74, 6) is 1.16. The van der Waals surface area contributed by atoms with Crippen LogP contribution in [-0.2, 0) is 0 Å². The molecule has 0 aliphatic heterocycles. The highest BCUT2D eigenvalue weighted by molar-refractivity contribution is 7.19. The third-order valence-electron chi connectivity index (χ3n) is 4.66. The van der Waals surface area contributed by atoms with Crippen molar-refractivity contribution in [1.82, 2.24) is 9.97 Å². The molecule has 5 heteroatoms. The molecule has 4 aromatic rings. The zero-order valence-corrected chi connectivity index (χ0v) is 16.1. The minimum Gasteiger partial charge on any atom is -0.438 e. The monoisotopic (exact) mass is 374 g/mol. The Morgan fingerprint density at radius 1 is 0.963 bits per heavy atom. The molecule has 0 saturated heterocycles. The molecule has 0 unspecified atom stereocenters. The number of thiophene rings is 1. The molecule has 0 saturated carbocycles. The predicted molar refractivity (Wildman–Crippen MR) is 109 cm³/mol. The van der Waals surface area contributed by atoms with Crippen LogP contribution in [0.2, 0.25) is 0 Å². The van der Waals surface area contributed by atoms with Gasteiger partial charge in [-0.05, 0) is 61.7 Å². The topological polar surface area (TPSA) is 52.1 Å². The summed E-state index contributed by atoms with van der Waals surface area (Å²) < 4.78 is 6.06. The van der Waals surface area contributed by atoms with E-state index in [-0.39, 0.29) is 0 Å². The molecule has 0 aliphatic carbocycles. The Labute approximate surface area is 161 Å². The fraction of sp³-hybridized carbons (Fsp3) is 0.136. The highest BCUT2D eigenvalue weighted by atomic mass is 32.1. The summed E-state index contributed by atoms with van der Waals surface area (Å²) in [5, 5.41) is 0.919. The molecular weight excluding hydrogens is 356 g/mol. The van der Waals surface area contributed by atoms with Gasteiger partial charge in [0.1, 0.15) is 23.2 Å². The van der Waals surface area contributed by atoms with Crippen LogP contribution in [0.5, 0.6) is 11.6 Å². The van der Waals surface area contributed by atoms with Crippen molar-refractivity contribution in [3.8, 4) is 22.8 Å². The second-order valence-electron chi connectivity index (χ2n) is 6.48. The third-order valence-corrected chi connectivity index (χ3v) is 5.67. The quantitative estimate of drug-likeness (QED) is 0.418. The van der Waals surface area contributed by atoms with E-state index in [0.29, 0.717) is 17.2 Å². The standard InChI is InChI=1S/C22H18N2O2S/c1-13-4-7-17(10-14(13)2)19-15(3)27-22-20(19)21(23-12-24-22)26-18-8-5-16(11-25)6-9-18/h4-12H,1-3H3. The summed E-state index contributed by atoms with van der Waals surface area (Å²) in [4.78, 5) is 21.7. The van der Waals surface area contributed by atoms with Crippen LogP contribution in [0, 0.1) is 20.8 Å². The molecule has 4 rings (SSSR count). The average Bonchev–Trinajstić information content (AvgIpc) is 3.01. The number of aromatic nitrogens is 2. The van der Waals surface area contributed by atoms with Gasteiger partial charge in [-0.15, -0.1) is 11.3 Å². The number of aryl methyl sites for hydroxylation is 3. The molecule has 0 bridgehead atoms. The van der Waals surface area contributed by atoms with E-state index in [1.54, 1.807) is 35.6 Å². The number of carbonyl (C=O) groups excluding carboxylic acids is 1. The fourth-order valence-electron chi connectivity index (χ4n) is 3.07. The van der Waals surface area contributed by atoms with Gasteiger partial charge >= 0.3 is 0 Å². The molecule has 0 N–H and O–H groups in total. The van der Waals surface area contributed by atoms with Crippen LogP contribution in [0.3, 0.4) is 0 Å². The summed E-state index contributed by atoms with van der Waals surface area (Å²) in [5.41, 5.74) is 5.36. The third kappa shape index (κ3) is 3.22. The van der Waals surface area contributed by atoms with Crippen molar-refractivity contribution >= 4 is 27.8 Å². The predicted octanol–water partition coefficient (Wildman–Crippen LogP) is 5.89. The van der Waals surface area contributed by atoms with Gasteiger partial charge in [0.2, 0.25) is 5.88 Å². The van der Waals surface area contributed by atoms with Gasteiger partial charge in [0.25, 0.3) is 0 Å². The SMILES string of the molecule is Cc1ccc(-c2c(C)sc3ncnc(Oc4ccc(C=O)cc4)c23)cc1C. The van der Waals surface area contributed by atoms with Gasteiger partial charge in [-0.3, -0.25) is 4.79 Å². The number of nitrogens with zero attached hydrogens (tertiary/aromatic N) is 2. The molecule has 0 radical (unpaired) electrons. The van der Waals surface area contributed by atoms with Crippen LogP contribution in [0.25, 0.3) is 21.3 Å². The van der Waals surface area contributed by atoms with Crippen molar-refractivity contribution in [2.24, 2.45) is 0 Å². The van der Waals surface area contributed by atoms with Crippen LogP contribution in [0.15, 0.2) is 48.8 Å². The zero-order chi connectivity index (χ0) is 19.0. The Kier molecular flexibility index (Phi) is 4.46. The van der Waals surface area contributed by atoms with Gasteiger partial charge < -0.3 is 4.74 Å². The van der Waals surface area contributed by atoms with E-state index < -0.39 is 0 Å². The number of carbonyl (C=O) groups is 1. The van der Waals surface area contributed by atoms with Gasteiger partial charge in [0.05, 0.1) is 5.39 Å². The zero-order valence-electron chi connectivity index (χ0n) is 15.3. The van der Waals surface area contributed by atoms with Crippen LogP contribution in [0.1, 0.15) is 26.4 Å². The fourth-order valence-corrected chi connectivity index (χ4v) is 4.07. The number of hydrogen-bond acceptors (Lipinski definition) is 5. The minimum atomic E-state index is 0.524. The Balaban J connectivity index is 1.86. The molecule has 0 atom stereocenters. The van der Waals surface area contributed by atoms with Crippen LogP contribution in [-0.4, -0.2) is 16.3 Å². The maximum Gasteiger partial charge on any atom is 0.231 e. The molecule has 27 heavy (non-hydrogen) atoms. The molecule has 0 amide bonds. The molecule has 0 fully saturated rings. The molecule has 134 valence electrons. The second kappa shape index (κ2) is 6.93. The lowest BCUT2D eigenvalue weighted by atomic mass is 9.99. The summed E-state index contributed by atoms with van der Waals surface area (Å²) in [6.07, 6.45) is 2.34. The number of aldehydes is 1. The smallest absolute Gasteiger partial charge is 0.231 e. The largest absolute Gasteiger partial charge is 0.438 e. The van der Waals surface area contributed by atoms with Gasteiger partial charge in [0.15, 0.2) is 0 Å². The Morgan fingerprint density at radius 3 is 2.44 bits per heavy atom. The van der Waals surface area contributed by atoms with E-state index >= 15 is 0 Å². The average molecular weight is 374 g/mol. The number of ether oxygens (including phenoxy) is 1. The van der Waals surface area contributed by atoms with Crippen molar-refractivity contribution in [1.29, 1.82) is 0 Å². The van der Waals surface area contributed by atoms with Gasteiger partial charge in [-0.2, -0.15) is 0 Å². The lowest BCUT2D eigenvalue weighted by Gasteiger charge is -2.09. The first-order valence-electron chi connectivity index (χ1n) is 8.61. The van der Waals surface area contributed by atoms with E-state index in [9.17, 15) is 4.79 Å². The summed E-state index contributed by atoms with van der Waals surface area (Å²) in [6.45, 7) is 6.32. The first-order chi connectivity index (χ1) is 13.1. The van der Waals surface area contributed by atoms with Crippen LogP contribution in [0.4, 0.5) is 0 Å². The molecule has 0 spiro atoms. The minimum absolute atomic E-state index is 0.524. The molecule has 2 aromatic heterocycles. The first kappa shape index (κ1) is 17.4. The van der Waals surface area contributed by atoms with Crippen molar-refractivity contribution in [3.63, 3.8) is 0 Å². The molecule has 2 aromatic carbocycles. The van der Waals surface area contributed by atoms with Gasteiger partial charge in [0, 0.05) is 16.0 Å².